The van der Waals surface area contributed by atoms with E-state index in [0.29, 0.717) is 10.4 Å². The SMILES string of the molecule is CS(=O)(=O)On1nnc2ccccc2c1=O. The summed E-state index contributed by atoms with van der Waals surface area (Å²) >= 11 is 0. The zero-order valence-corrected chi connectivity index (χ0v) is 9.01. The van der Waals surface area contributed by atoms with E-state index < -0.39 is 15.7 Å². The van der Waals surface area contributed by atoms with Crippen molar-refractivity contribution in [2.24, 2.45) is 0 Å². The van der Waals surface area contributed by atoms with Gasteiger partial charge >= 0.3 is 15.7 Å². The number of hydrogen-bond acceptors (Lipinski definition) is 6. The van der Waals surface area contributed by atoms with Crippen molar-refractivity contribution in [2.45, 2.75) is 0 Å². The van der Waals surface area contributed by atoms with Crippen LogP contribution in [0.5, 0.6) is 0 Å². The van der Waals surface area contributed by atoms with Crippen LogP contribution >= 0.6 is 0 Å². The topological polar surface area (TPSA) is 91.2 Å². The summed E-state index contributed by atoms with van der Waals surface area (Å²) in [6.45, 7) is 0. The van der Waals surface area contributed by atoms with Crippen LogP contribution in [-0.2, 0) is 10.1 Å². The second-order valence-electron chi connectivity index (χ2n) is 3.06. The quantitative estimate of drug-likeness (QED) is 0.682. The molecule has 2 rings (SSSR count). The van der Waals surface area contributed by atoms with Gasteiger partial charge in [-0.2, -0.15) is 8.42 Å². The Hall–Kier alpha value is -1.96. The van der Waals surface area contributed by atoms with Crippen molar-refractivity contribution in [3.63, 3.8) is 0 Å². The highest BCUT2D eigenvalue weighted by atomic mass is 32.2. The van der Waals surface area contributed by atoms with Crippen molar-refractivity contribution in [1.29, 1.82) is 0 Å². The highest BCUT2D eigenvalue weighted by Gasteiger charge is 2.10. The van der Waals surface area contributed by atoms with Crippen molar-refractivity contribution < 1.29 is 12.7 Å². The Morgan fingerprint density at radius 1 is 1.31 bits per heavy atom. The third kappa shape index (κ3) is 2.01. The van der Waals surface area contributed by atoms with Gasteiger partial charge in [-0.3, -0.25) is 9.08 Å². The third-order valence-corrected chi connectivity index (χ3v) is 2.16. The summed E-state index contributed by atoms with van der Waals surface area (Å²) < 4.78 is 26.0. The first kappa shape index (κ1) is 10.6. The van der Waals surface area contributed by atoms with Gasteiger partial charge in [0.25, 0.3) is 0 Å². The van der Waals surface area contributed by atoms with Gasteiger partial charge in [0.05, 0.1) is 11.6 Å². The number of rotatable bonds is 2. The molecule has 0 fully saturated rings. The van der Waals surface area contributed by atoms with Gasteiger partial charge in [-0.25, -0.2) is 0 Å². The van der Waals surface area contributed by atoms with Gasteiger partial charge in [0.15, 0.2) is 0 Å². The summed E-state index contributed by atoms with van der Waals surface area (Å²) in [6.07, 6.45) is 0.816. The van der Waals surface area contributed by atoms with Crippen LogP contribution in [-0.4, -0.2) is 29.8 Å². The van der Waals surface area contributed by atoms with Crippen LogP contribution in [0.2, 0.25) is 0 Å². The van der Waals surface area contributed by atoms with Crippen LogP contribution in [0.4, 0.5) is 0 Å². The van der Waals surface area contributed by atoms with E-state index in [4.69, 9.17) is 0 Å². The number of fused-ring (bicyclic) bond motifs is 1. The number of nitrogens with zero attached hydrogens (tertiary/aromatic N) is 3. The summed E-state index contributed by atoms with van der Waals surface area (Å²) in [4.78, 5) is 12.0. The maximum absolute atomic E-state index is 11.7. The van der Waals surface area contributed by atoms with Gasteiger partial charge in [-0.15, -0.1) is 5.10 Å². The van der Waals surface area contributed by atoms with Gasteiger partial charge in [-0.1, -0.05) is 12.1 Å². The van der Waals surface area contributed by atoms with Crippen LogP contribution in [0.3, 0.4) is 0 Å². The molecule has 2 aromatic rings. The maximum atomic E-state index is 11.7. The minimum Gasteiger partial charge on any atom is -0.265 e. The number of benzene rings is 1. The lowest BCUT2D eigenvalue weighted by Crippen LogP contribution is -2.33. The normalized spacial score (nSPS) is 11.6. The molecular weight excluding hydrogens is 234 g/mol. The molecule has 0 aliphatic carbocycles. The standard InChI is InChI=1S/C8H7N3O4S/c1-16(13,14)15-11-8(12)6-4-2-3-5-7(6)9-10-11/h2-5H,1H3. The largest absolute Gasteiger partial charge is 0.325 e. The molecule has 7 nitrogen and oxygen atoms in total. The minimum atomic E-state index is -3.81. The fourth-order valence-electron chi connectivity index (χ4n) is 1.15. The Bertz CT molecular complexity index is 692. The average Bonchev–Trinajstić information content (AvgIpc) is 2.21. The van der Waals surface area contributed by atoms with E-state index >= 15 is 0 Å². The first-order valence-electron chi connectivity index (χ1n) is 4.22. The van der Waals surface area contributed by atoms with E-state index in [1.165, 1.54) is 6.07 Å². The molecule has 0 N–H and O–H groups in total. The number of aromatic nitrogens is 3. The molecular formula is C8H7N3O4S. The second kappa shape index (κ2) is 3.56. The molecule has 0 aliphatic heterocycles. The minimum absolute atomic E-state index is 0.237. The van der Waals surface area contributed by atoms with Gasteiger partial charge in [0.1, 0.15) is 5.52 Å². The lowest BCUT2D eigenvalue weighted by atomic mass is 10.2. The van der Waals surface area contributed by atoms with E-state index in [9.17, 15) is 13.2 Å². The molecule has 0 aliphatic rings. The van der Waals surface area contributed by atoms with Gasteiger partial charge in [0.2, 0.25) is 0 Å². The van der Waals surface area contributed by atoms with Crippen molar-refractivity contribution in [2.75, 3.05) is 6.26 Å². The second-order valence-corrected chi connectivity index (χ2v) is 4.62. The Morgan fingerprint density at radius 2 is 2.00 bits per heavy atom. The average molecular weight is 241 g/mol. The molecule has 1 aromatic heterocycles. The van der Waals surface area contributed by atoms with Crippen LogP contribution in [0.1, 0.15) is 0 Å². The fraction of sp³-hybridized carbons (Fsp3) is 0.125. The molecule has 84 valence electrons. The van der Waals surface area contributed by atoms with E-state index in [1.807, 2.05) is 0 Å². The molecule has 0 bridgehead atoms. The molecule has 0 radical (unpaired) electrons. The Morgan fingerprint density at radius 3 is 2.69 bits per heavy atom. The number of hydrogen-bond donors (Lipinski definition) is 0. The Balaban J connectivity index is 2.66. The molecule has 0 unspecified atom stereocenters. The van der Waals surface area contributed by atoms with Gasteiger partial charge in [-0.05, 0) is 22.2 Å². The lowest BCUT2D eigenvalue weighted by Gasteiger charge is -2.02. The monoisotopic (exact) mass is 241 g/mol. The van der Waals surface area contributed by atoms with E-state index in [-0.39, 0.29) is 5.39 Å². The molecule has 8 heteroatoms. The predicted molar refractivity (Wildman–Crippen MR) is 55.2 cm³/mol. The van der Waals surface area contributed by atoms with Gasteiger partial charge in [0, 0.05) is 0 Å². The van der Waals surface area contributed by atoms with Crippen LogP contribution in [0.25, 0.3) is 10.9 Å². The molecule has 1 heterocycles. The van der Waals surface area contributed by atoms with Crippen molar-refractivity contribution in [1.82, 2.24) is 15.2 Å². The van der Waals surface area contributed by atoms with Crippen LogP contribution in [0.15, 0.2) is 29.1 Å². The maximum Gasteiger partial charge on any atom is 0.325 e. The fourth-order valence-corrected chi connectivity index (χ4v) is 1.51. The summed E-state index contributed by atoms with van der Waals surface area (Å²) in [6, 6.07) is 6.43. The molecule has 0 saturated carbocycles. The first-order chi connectivity index (χ1) is 7.47. The molecule has 0 saturated heterocycles. The third-order valence-electron chi connectivity index (χ3n) is 1.75. The van der Waals surface area contributed by atoms with Crippen molar-refractivity contribution >= 4 is 21.0 Å². The van der Waals surface area contributed by atoms with Crippen LogP contribution in [0, 0.1) is 0 Å². The summed E-state index contributed by atoms with van der Waals surface area (Å²) in [5, 5.41) is 7.23. The zero-order chi connectivity index (χ0) is 11.8. The Kier molecular flexibility index (Phi) is 2.35. The van der Waals surface area contributed by atoms with Crippen molar-refractivity contribution in [3.8, 4) is 0 Å². The Labute approximate surface area is 90.3 Å². The first-order valence-corrected chi connectivity index (χ1v) is 6.04. The highest BCUT2D eigenvalue weighted by molar-refractivity contribution is 7.86. The molecule has 0 amide bonds. The van der Waals surface area contributed by atoms with Crippen molar-refractivity contribution in [3.05, 3.63) is 34.6 Å². The van der Waals surface area contributed by atoms with E-state index in [1.54, 1.807) is 18.2 Å². The highest BCUT2D eigenvalue weighted by Crippen LogP contribution is 2.02. The lowest BCUT2D eigenvalue weighted by molar-refractivity contribution is 0.218. The zero-order valence-electron chi connectivity index (χ0n) is 8.19. The van der Waals surface area contributed by atoms with Gasteiger partial charge < -0.3 is 0 Å². The van der Waals surface area contributed by atoms with E-state index in [0.717, 1.165) is 6.26 Å². The predicted octanol–water partition coefficient (Wildman–Crippen LogP) is -0.820. The summed E-state index contributed by atoms with van der Waals surface area (Å²) in [5.74, 6) is 0. The summed E-state index contributed by atoms with van der Waals surface area (Å²) in [7, 11) is -3.81. The smallest absolute Gasteiger partial charge is 0.265 e. The molecule has 0 atom stereocenters. The molecule has 0 spiro atoms. The molecule has 1 aromatic carbocycles. The van der Waals surface area contributed by atoms with E-state index in [2.05, 4.69) is 14.6 Å². The molecule has 16 heavy (non-hydrogen) atoms. The summed E-state index contributed by atoms with van der Waals surface area (Å²) in [5.41, 5.74) is -0.295. The van der Waals surface area contributed by atoms with Crippen LogP contribution < -0.4 is 9.84 Å².